The minimum absolute atomic E-state index is 0.0731. The third-order valence-corrected chi connectivity index (χ3v) is 5.09. The van der Waals surface area contributed by atoms with Gasteiger partial charge in [-0.15, -0.1) is 10.2 Å². The molecule has 0 bridgehead atoms. The van der Waals surface area contributed by atoms with E-state index in [4.69, 9.17) is 5.73 Å². The van der Waals surface area contributed by atoms with Crippen LogP contribution in [0.3, 0.4) is 0 Å². The monoisotopic (exact) mass is 305 g/mol. The van der Waals surface area contributed by atoms with Crippen LogP contribution in [0.4, 0.5) is 8.78 Å². The van der Waals surface area contributed by atoms with Gasteiger partial charge in [-0.2, -0.15) is 0 Å². The van der Waals surface area contributed by atoms with Crippen molar-refractivity contribution in [2.75, 3.05) is 6.26 Å². The number of aromatic nitrogens is 2. The lowest BCUT2D eigenvalue weighted by atomic mass is 10.2. The minimum atomic E-state index is -0.624. The van der Waals surface area contributed by atoms with Gasteiger partial charge in [-0.3, -0.25) is 0 Å². The summed E-state index contributed by atoms with van der Waals surface area (Å²) in [6.07, 6.45) is 1.87. The van der Waals surface area contributed by atoms with Gasteiger partial charge in [-0.1, -0.05) is 34.9 Å². The molecule has 2 rings (SSSR count). The normalized spacial score (nSPS) is 10.9. The predicted octanol–water partition coefficient (Wildman–Crippen LogP) is 3.15. The molecule has 0 aliphatic rings. The number of thioether (sulfide) groups is 1. The van der Waals surface area contributed by atoms with Gasteiger partial charge in [0.15, 0.2) is 8.68 Å². The highest BCUT2D eigenvalue weighted by molar-refractivity contribution is 8.03. The summed E-state index contributed by atoms with van der Waals surface area (Å²) in [5, 5.41) is 7.73. The van der Waals surface area contributed by atoms with E-state index in [9.17, 15) is 8.78 Å². The summed E-state index contributed by atoms with van der Waals surface area (Å²) >= 11 is 3.68. The molecule has 1 aromatic carbocycles. The Labute approximate surface area is 115 Å². The maximum Gasteiger partial charge on any atom is 0.180 e. The topological polar surface area (TPSA) is 51.8 Å². The molecule has 0 aliphatic carbocycles. The summed E-state index contributed by atoms with van der Waals surface area (Å²) in [6.45, 7) is 0.105. The summed E-state index contributed by atoms with van der Waals surface area (Å²) in [5.41, 5.74) is 5.78. The van der Waals surface area contributed by atoms with Gasteiger partial charge < -0.3 is 5.73 Å². The third kappa shape index (κ3) is 3.00. The number of nitrogens with zero attached hydrogens (tertiary/aromatic N) is 2. The second-order valence-electron chi connectivity index (χ2n) is 3.23. The summed E-state index contributed by atoms with van der Waals surface area (Å²) in [7, 11) is 0. The molecule has 1 aromatic heterocycles. The molecular formula is C10H9F2N3S3. The molecule has 1 heterocycles. The zero-order valence-electron chi connectivity index (χ0n) is 9.31. The molecule has 0 fully saturated rings. The van der Waals surface area contributed by atoms with Crippen molar-refractivity contribution in [3.05, 3.63) is 29.3 Å². The molecule has 18 heavy (non-hydrogen) atoms. The van der Waals surface area contributed by atoms with Gasteiger partial charge in [0, 0.05) is 6.54 Å². The van der Waals surface area contributed by atoms with Crippen LogP contribution in [-0.4, -0.2) is 16.5 Å². The first kappa shape index (κ1) is 13.7. The summed E-state index contributed by atoms with van der Waals surface area (Å²) in [6, 6.07) is 2.48. The number of nitrogens with two attached hydrogens (primary N) is 1. The molecule has 0 aliphatic heterocycles. The number of halogens is 2. The first-order valence-corrected chi connectivity index (χ1v) is 7.73. The van der Waals surface area contributed by atoms with Crippen LogP contribution >= 0.6 is 34.9 Å². The Bertz CT molecular complexity index is 536. The van der Waals surface area contributed by atoms with Gasteiger partial charge in [-0.05, 0) is 24.0 Å². The smallest absolute Gasteiger partial charge is 0.180 e. The van der Waals surface area contributed by atoms with E-state index in [1.54, 1.807) is 0 Å². The van der Waals surface area contributed by atoms with Crippen LogP contribution in [0, 0.1) is 11.6 Å². The Kier molecular flexibility index (Phi) is 4.55. The lowest BCUT2D eigenvalue weighted by molar-refractivity contribution is 0.537. The van der Waals surface area contributed by atoms with Gasteiger partial charge in [0.2, 0.25) is 0 Å². The van der Waals surface area contributed by atoms with Crippen LogP contribution < -0.4 is 5.73 Å². The van der Waals surface area contributed by atoms with Crippen LogP contribution in [0.1, 0.15) is 5.56 Å². The average molecular weight is 305 g/mol. The Morgan fingerprint density at radius 3 is 2.33 bits per heavy atom. The lowest BCUT2D eigenvalue weighted by Gasteiger charge is -2.04. The van der Waals surface area contributed by atoms with Crippen molar-refractivity contribution in [1.29, 1.82) is 0 Å². The fourth-order valence-corrected chi connectivity index (χ4v) is 3.62. The molecule has 2 aromatic rings. The molecule has 0 atom stereocenters. The van der Waals surface area contributed by atoms with Crippen molar-refractivity contribution in [3.63, 3.8) is 0 Å². The van der Waals surface area contributed by atoms with Gasteiger partial charge in [0.1, 0.15) is 11.6 Å². The van der Waals surface area contributed by atoms with Crippen molar-refractivity contribution in [2.45, 2.75) is 20.1 Å². The Morgan fingerprint density at radius 1 is 1.22 bits per heavy atom. The molecule has 3 nitrogen and oxygen atoms in total. The summed E-state index contributed by atoms with van der Waals surface area (Å²) < 4.78 is 28.7. The predicted molar refractivity (Wildman–Crippen MR) is 70.1 cm³/mol. The highest BCUT2D eigenvalue weighted by Crippen LogP contribution is 2.35. The van der Waals surface area contributed by atoms with Gasteiger partial charge in [0.05, 0.1) is 4.90 Å². The molecule has 0 radical (unpaired) electrons. The van der Waals surface area contributed by atoms with Crippen molar-refractivity contribution in [2.24, 2.45) is 5.73 Å². The molecule has 0 amide bonds. The Morgan fingerprint density at radius 2 is 1.83 bits per heavy atom. The maximum absolute atomic E-state index is 13.7. The second kappa shape index (κ2) is 5.96. The van der Waals surface area contributed by atoms with Crippen LogP contribution in [-0.2, 0) is 6.54 Å². The molecule has 0 unspecified atom stereocenters. The van der Waals surface area contributed by atoms with E-state index >= 15 is 0 Å². The number of hydrogen-bond acceptors (Lipinski definition) is 6. The van der Waals surface area contributed by atoms with Crippen molar-refractivity contribution < 1.29 is 8.78 Å². The van der Waals surface area contributed by atoms with Gasteiger partial charge >= 0.3 is 0 Å². The zero-order valence-corrected chi connectivity index (χ0v) is 11.8. The van der Waals surface area contributed by atoms with E-state index in [0.29, 0.717) is 9.90 Å². The van der Waals surface area contributed by atoms with Crippen molar-refractivity contribution in [1.82, 2.24) is 10.2 Å². The SMILES string of the molecule is CSc1nnc(Sc2c(F)cc(CN)cc2F)s1. The molecule has 0 spiro atoms. The molecule has 0 saturated heterocycles. The fraction of sp³-hybridized carbons (Fsp3) is 0.200. The van der Waals surface area contributed by atoms with Crippen LogP contribution in [0.5, 0.6) is 0 Å². The van der Waals surface area contributed by atoms with E-state index in [-0.39, 0.29) is 11.4 Å². The molecular weight excluding hydrogens is 296 g/mol. The van der Waals surface area contributed by atoms with Crippen molar-refractivity contribution >= 4 is 34.9 Å². The highest BCUT2D eigenvalue weighted by atomic mass is 32.2. The second-order valence-corrected chi connectivity index (χ2v) is 6.52. The standard InChI is InChI=1S/C10H9F2N3S3/c1-16-9-14-15-10(18-9)17-8-6(11)2-5(4-13)3-7(8)12/h2-3H,4,13H2,1H3. The maximum atomic E-state index is 13.7. The minimum Gasteiger partial charge on any atom is -0.326 e. The fourth-order valence-electron chi connectivity index (χ4n) is 1.24. The van der Waals surface area contributed by atoms with Crippen LogP contribution in [0.2, 0.25) is 0 Å². The summed E-state index contributed by atoms with van der Waals surface area (Å²) in [4.78, 5) is -0.0731. The van der Waals surface area contributed by atoms with E-state index < -0.39 is 11.6 Å². The van der Waals surface area contributed by atoms with Crippen LogP contribution in [0.15, 0.2) is 25.7 Å². The first-order chi connectivity index (χ1) is 8.63. The number of rotatable bonds is 4. The van der Waals surface area contributed by atoms with E-state index in [0.717, 1.165) is 16.1 Å². The Balaban J connectivity index is 2.28. The quantitative estimate of drug-likeness (QED) is 0.879. The zero-order chi connectivity index (χ0) is 13.1. The van der Waals surface area contributed by atoms with E-state index in [2.05, 4.69) is 10.2 Å². The first-order valence-electron chi connectivity index (χ1n) is 4.87. The average Bonchev–Trinajstić information content (AvgIpc) is 2.81. The molecule has 96 valence electrons. The molecule has 2 N–H and O–H groups in total. The van der Waals surface area contributed by atoms with Gasteiger partial charge in [0.25, 0.3) is 0 Å². The van der Waals surface area contributed by atoms with Crippen LogP contribution in [0.25, 0.3) is 0 Å². The van der Waals surface area contributed by atoms with Crippen molar-refractivity contribution in [3.8, 4) is 0 Å². The number of benzene rings is 1. The third-order valence-electron chi connectivity index (χ3n) is 2.05. The van der Waals surface area contributed by atoms with E-state index in [1.165, 1.54) is 35.2 Å². The Hall–Kier alpha value is -0.700. The largest absolute Gasteiger partial charge is 0.326 e. The van der Waals surface area contributed by atoms with Gasteiger partial charge in [-0.25, -0.2) is 8.78 Å². The highest BCUT2D eigenvalue weighted by Gasteiger charge is 2.15. The molecule has 8 heteroatoms. The number of hydrogen-bond donors (Lipinski definition) is 1. The van der Waals surface area contributed by atoms with E-state index in [1.807, 2.05) is 6.26 Å². The lowest BCUT2D eigenvalue weighted by Crippen LogP contribution is -1.99. The summed E-state index contributed by atoms with van der Waals surface area (Å²) in [5.74, 6) is -1.25. The molecule has 0 saturated carbocycles.